The van der Waals surface area contributed by atoms with Gasteiger partial charge in [-0.25, -0.2) is 0 Å². The van der Waals surface area contributed by atoms with Crippen LogP contribution in [-0.4, -0.2) is 28.9 Å². The molecule has 3 amide bonds. The number of nitrogens with one attached hydrogen (secondary N) is 3. The molecular formula is C24H26N4O4. The lowest BCUT2D eigenvalue weighted by atomic mass is 10.0. The molecule has 1 atom stereocenters. The van der Waals surface area contributed by atoms with Crippen LogP contribution in [0.4, 0.5) is 11.4 Å². The first-order chi connectivity index (χ1) is 15.2. The van der Waals surface area contributed by atoms with E-state index in [4.69, 9.17) is 4.52 Å². The molecule has 8 heteroatoms. The highest BCUT2D eigenvalue weighted by atomic mass is 16.5. The van der Waals surface area contributed by atoms with Gasteiger partial charge in [-0.1, -0.05) is 36.7 Å². The third-order valence-electron chi connectivity index (χ3n) is 4.92. The minimum atomic E-state index is -0.709. The highest BCUT2D eigenvalue weighted by Crippen LogP contribution is 2.17. The molecule has 0 fully saturated rings. The summed E-state index contributed by atoms with van der Waals surface area (Å²) in [5.74, 6) is -0.644. The number of carbonyl (C=O) groups is 3. The highest BCUT2D eigenvalue weighted by Gasteiger charge is 2.25. The van der Waals surface area contributed by atoms with Gasteiger partial charge in [0.15, 0.2) is 0 Å². The van der Waals surface area contributed by atoms with Gasteiger partial charge in [0.05, 0.1) is 6.20 Å². The monoisotopic (exact) mass is 434 g/mol. The average Bonchev–Trinajstić information content (AvgIpc) is 3.19. The molecule has 0 saturated carbocycles. The fourth-order valence-corrected chi connectivity index (χ4v) is 3.12. The van der Waals surface area contributed by atoms with E-state index in [-0.39, 0.29) is 23.6 Å². The maximum absolute atomic E-state index is 12.8. The molecular weight excluding hydrogens is 408 g/mol. The number of hydrogen-bond acceptors (Lipinski definition) is 5. The SMILES string of the molecule is Cc1cccc(C(=O)N[C@H](C(=O)Nc2ccc(NC(=O)c3cnoc3C)cc2)C(C)C)c1. The molecule has 8 nitrogen and oxygen atoms in total. The van der Waals surface area contributed by atoms with Crippen LogP contribution >= 0.6 is 0 Å². The summed E-state index contributed by atoms with van der Waals surface area (Å²) < 4.78 is 4.90. The van der Waals surface area contributed by atoms with Crippen LogP contribution in [-0.2, 0) is 4.79 Å². The van der Waals surface area contributed by atoms with Crippen LogP contribution < -0.4 is 16.0 Å². The van der Waals surface area contributed by atoms with Crippen LogP contribution in [0.5, 0.6) is 0 Å². The van der Waals surface area contributed by atoms with Crippen LogP contribution in [0.15, 0.2) is 59.3 Å². The highest BCUT2D eigenvalue weighted by molar-refractivity contribution is 6.05. The van der Waals surface area contributed by atoms with Crippen molar-refractivity contribution >= 4 is 29.1 Å². The molecule has 32 heavy (non-hydrogen) atoms. The average molecular weight is 434 g/mol. The van der Waals surface area contributed by atoms with Crippen LogP contribution in [0, 0.1) is 19.8 Å². The number of anilines is 2. The number of hydrogen-bond donors (Lipinski definition) is 3. The first kappa shape index (κ1) is 22.7. The van der Waals surface area contributed by atoms with E-state index in [2.05, 4.69) is 21.1 Å². The molecule has 166 valence electrons. The van der Waals surface area contributed by atoms with Crippen molar-refractivity contribution in [1.29, 1.82) is 0 Å². The predicted molar refractivity (Wildman–Crippen MR) is 122 cm³/mol. The number of benzene rings is 2. The van der Waals surface area contributed by atoms with Crippen molar-refractivity contribution in [2.24, 2.45) is 5.92 Å². The first-order valence-electron chi connectivity index (χ1n) is 10.3. The Labute approximate surface area is 186 Å². The van der Waals surface area contributed by atoms with E-state index in [1.807, 2.05) is 26.8 Å². The normalized spacial score (nSPS) is 11.7. The largest absolute Gasteiger partial charge is 0.361 e. The Morgan fingerprint density at radius 1 is 0.906 bits per heavy atom. The van der Waals surface area contributed by atoms with E-state index < -0.39 is 6.04 Å². The molecule has 0 aliphatic heterocycles. The molecule has 0 spiro atoms. The standard InChI is InChI=1S/C24H26N4O4/c1-14(2)21(28-22(29)17-7-5-6-15(3)12-17)24(31)27-19-10-8-18(9-11-19)26-23(30)20-13-25-32-16(20)4/h5-14,21H,1-4H3,(H,26,30)(H,27,31)(H,28,29)/t21-/m0/s1. The van der Waals surface area contributed by atoms with Gasteiger partial charge in [-0.05, 0) is 56.2 Å². The fourth-order valence-electron chi connectivity index (χ4n) is 3.12. The predicted octanol–water partition coefficient (Wildman–Crippen LogP) is 3.94. The van der Waals surface area contributed by atoms with E-state index in [9.17, 15) is 14.4 Å². The van der Waals surface area contributed by atoms with E-state index in [1.165, 1.54) is 6.20 Å². The molecule has 3 aromatic rings. The van der Waals surface area contributed by atoms with Gasteiger partial charge in [0.25, 0.3) is 11.8 Å². The van der Waals surface area contributed by atoms with Gasteiger partial charge in [0.2, 0.25) is 5.91 Å². The molecule has 1 heterocycles. The summed E-state index contributed by atoms with van der Waals surface area (Å²) in [6.45, 7) is 7.30. The van der Waals surface area contributed by atoms with Gasteiger partial charge in [-0.15, -0.1) is 0 Å². The zero-order chi connectivity index (χ0) is 23.3. The summed E-state index contributed by atoms with van der Waals surface area (Å²) in [5.41, 5.74) is 2.93. The minimum absolute atomic E-state index is 0.117. The smallest absolute Gasteiger partial charge is 0.260 e. The van der Waals surface area contributed by atoms with Crippen molar-refractivity contribution in [3.8, 4) is 0 Å². The second kappa shape index (κ2) is 9.91. The Balaban J connectivity index is 1.63. The second-order valence-corrected chi connectivity index (χ2v) is 7.88. The lowest BCUT2D eigenvalue weighted by Gasteiger charge is -2.22. The Kier molecular flexibility index (Phi) is 7.04. The summed E-state index contributed by atoms with van der Waals surface area (Å²) in [5, 5.41) is 12.0. The quantitative estimate of drug-likeness (QED) is 0.521. The fraction of sp³-hybridized carbons (Fsp3) is 0.250. The molecule has 2 aromatic carbocycles. The van der Waals surface area contributed by atoms with Gasteiger partial charge < -0.3 is 20.5 Å². The Bertz CT molecular complexity index is 1120. The maximum Gasteiger partial charge on any atom is 0.260 e. The van der Waals surface area contributed by atoms with Gasteiger partial charge in [0, 0.05) is 16.9 Å². The van der Waals surface area contributed by atoms with Crippen molar-refractivity contribution < 1.29 is 18.9 Å². The van der Waals surface area contributed by atoms with E-state index in [0.29, 0.717) is 28.3 Å². The lowest BCUT2D eigenvalue weighted by Crippen LogP contribution is -2.47. The number of aryl methyl sites for hydroxylation is 2. The van der Waals surface area contributed by atoms with Crippen molar-refractivity contribution in [3.05, 3.63) is 77.2 Å². The first-order valence-corrected chi connectivity index (χ1v) is 10.3. The van der Waals surface area contributed by atoms with Gasteiger partial charge in [-0.2, -0.15) is 0 Å². The van der Waals surface area contributed by atoms with Crippen molar-refractivity contribution in [3.63, 3.8) is 0 Å². The maximum atomic E-state index is 12.8. The summed E-state index contributed by atoms with van der Waals surface area (Å²) >= 11 is 0. The topological polar surface area (TPSA) is 113 Å². The van der Waals surface area contributed by atoms with Gasteiger partial charge in [0.1, 0.15) is 17.4 Å². The van der Waals surface area contributed by atoms with Crippen molar-refractivity contribution in [1.82, 2.24) is 10.5 Å². The number of carbonyl (C=O) groups excluding carboxylic acids is 3. The third-order valence-corrected chi connectivity index (χ3v) is 4.92. The van der Waals surface area contributed by atoms with Crippen LogP contribution in [0.1, 0.15) is 45.9 Å². The number of aromatic nitrogens is 1. The van der Waals surface area contributed by atoms with Crippen LogP contribution in [0.2, 0.25) is 0 Å². The molecule has 0 radical (unpaired) electrons. The van der Waals surface area contributed by atoms with E-state index >= 15 is 0 Å². The van der Waals surface area contributed by atoms with Crippen LogP contribution in [0.25, 0.3) is 0 Å². The summed E-state index contributed by atoms with van der Waals surface area (Å²) in [4.78, 5) is 37.7. The van der Waals surface area contributed by atoms with E-state index in [1.54, 1.807) is 49.4 Å². The Morgan fingerprint density at radius 2 is 1.56 bits per heavy atom. The summed E-state index contributed by atoms with van der Waals surface area (Å²) in [7, 11) is 0. The Morgan fingerprint density at radius 3 is 2.12 bits per heavy atom. The molecule has 0 saturated heterocycles. The number of rotatable bonds is 7. The molecule has 0 aliphatic carbocycles. The zero-order valence-electron chi connectivity index (χ0n) is 18.4. The number of nitrogens with zero attached hydrogens (tertiary/aromatic N) is 1. The third kappa shape index (κ3) is 5.60. The summed E-state index contributed by atoms with van der Waals surface area (Å²) in [6.07, 6.45) is 1.36. The molecule has 0 unspecified atom stereocenters. The minimum Gasteiger partial charge on any atom is -0.361 e. The molecule has 3 N–H and O–H groups in total. The molecule has 0 aliphatic rings. The molecule has 0 bridgehead atoms. The second-order valence-electron chi connectivity index (χ2n) is 7.88. The van der Waals surface area contributed by atoms with Crippen molar-refractivity contribution in [2.45, 2.75) is 33.7 Å². The van der Waals surface area contributed by atoms with Crippen LogP contribution in [0.3, 0.4) is 0 Å². The van der Waals surface area contributed by atoms with Gasteiger partial charge >= 0.3 is 0 Å². The molecule has 1 aromatic heterocycles. The van der Waals surface area contributed by atoms with Gasteiger partial charge in [-0.3, -0.25) is 14.4 Å². The number of amides is 3. The van der Waals surface area contributed by atoms with Crippen molar-refractivity contribution in [2.75, 3.05) is 10.6 Å². The summed E-state index contributed by atoms with van der Waals surface area (Å²) in [6, 6.07) is 13.2. The lowest BCUT2D eigenvalue weighted by molar-refractivity contribution is -0.118. The van der Waals surface area contributed by atoms with E-state index in [0.717, 1.165) is 5.56 Å². The zero-order valence-corrected chi connectivity index (χ0v) is 18.4. The Hall–Kier alpha value is -3.94. The molecule has 3 rings (SSSR count).